The molecule has 6 heteroatoms. The molecule has 6 nitrogen and oxygen atoms in total. The molecule has 3 heterocycles. The zero-order valence-corrected chi connectivity index (χ0v) is 13.0. The molecule has 0 atom stereocenters. The van der Waals surface area contributed by atoms with Crippen molar-refractivity contribution in [2.45, 2.75) is 0 Å². The zero-order valence-electron chi connectivity index (χ0n) is 13.0. The first-order chi connectivity index (χ1) is 11.8. The number of nitrogen functional groups attached to an aromatic ring is 1. The Bertz CT molecular complexity index is 1070. The Morgan fingerprint density at radius 1 is 1.17 bits per heavy atom. The van der Waals surface area contributed by atoms with Gasteiger partial charge in [0, 0.05) is 22.7 Å². The van der Waals surface area contributed by atoms with Crippen molar-refractivity contribution in [2.75, 3.05) is 12.8 Å². The van der Waals surface area contributed by atoms with Gasteiger partial charge in [0.25, 0.3) is 0 Å². The van der Waals surface area contributed by atoms with Crippen LogP contribution in [-0.2, 0) is 4.74 Å². The van der Waals surface area contributed by atoms with E-state index in [0.29, 0.717) is 5.82 Å². The fraction of sp³-hybridized carbons (Fsp3) is 0.0556. The number of nitrogens with zero attached hydrogens (tertiary/aromatic N) is 4. The van der Waals surface area contributed by atoms with Gasteiger partial charge >= 0.3 is 0 Å². The summed E-state index contributed by atoms with van der Waals surface area (Å²) >= 11 is 0. The van der Waals surface area contributed by atoms with Crippen molar-refractivity contribution in [3.63, 3.8) is 0 Å². The van der Waals surface area contributed by atoms with Crippen LogP contribution in [0, 0.1) is 0 Å². The highest BCUT2D eigenvalue weighted by atomic mass is 16.5. The Balaban J connectivity index is 1.99. The van der Waals surface area contributed by atoms with Gasteiger partial charge in [-0.05, 0) is 24.3 Å². The van der Waals surface area contributed by atoms with E-state index in [1.165, 1.54) is 6.33 Å². The van der Waals surface area contributed by atoms with Crippen molar-refractivity contribution in [3.8, 4) is 11.1 Å². The first-order valence-electron chi connectivity index (χ1n) is 7.44. The number of hydrogen-bond donors (Lipinski definition) is 1. The van der Waals surface area contributed by atoms with E-state index in [-0.39, 0.29) is 0 Å². The zero-order chi connectivity index (χ0) is 16.5. The predicted octanol–water partition coefficient (Wildman–Crippen LogP) is 3.14. The van der Waals surface area contributed by atoms with Crippen LogP contribution in [0.15, 0.2) is 55.2 Å². The summed E-state index contributed by atoms with van der Waals surface area (Å²) in [6, 6.07) is 12.1. The van der Waals surface area contributed by atoms with Gasteiger partial charge in [-0.3, -0.25) is 4.98 Å². The fourth-order valence-electron chi connectivity index (χ4n) is 2.79. The molecule has 1 aromatic carbocycles. The van der Waals surface area contributed by atoms with Gasteiger partial charge < -0.3 is 10.5 Å². The van der Waals surface area contributed by atoms with Gasteiger partial charge in [0.1, 0.15) is 11.8 Å². The van der Waals surface area contributed by atoms with Gasteiger partial charge in [-0.2, -0.15) is 5.10 Å². The molecule has 118 valence electrons. The first kappa shape index (κ1) is 14.2. The van der Waals surface area contributed by atoms with Gasteiger partial charge in [0.05, 0.1) is 24.6 Å². The molecule has 0 aliphatic rings. The topological polar surface area (TPSA) is 78.3 Å². The lowest BCUT2D eigenvalue weighted by molar-refractivity contribution is 0.341. The summed E-state index contributed by atoms with van der Waals surface area (Å²) in [5, 5.41) is 5.37. The highest BCUT2D eigenvalue weighted by molar-refractivity contribution is 5.92. The van der Waals surface area contributed by atoms with Crippen molar-refractivity contribution in [3.05, 3.63) is 60.9 Å². The lowest BCUT2D eigenvalue weighted by Crippen LogP contribution is -2.00. The van der Waals surface area contributed by atoms with E-state index in [0.717, 1.165) is 33.2 Å². The number of methoxy groups -OCH3 is 1. The van der Waals surface area contributed by atoms with Crippen molar-refractivity contribution in [1.82, 2.24) is 19.6 Å². The molecule has 0 saturated heterocycles. The fourth-order valence-corrected chi connectivity index (χ4v) is 2.79. The Morgan fingerprint density at radius 2 is 2.04 bits per heavy atom. The lowest BCUT2D eigenvalue weighted by atomic mass is 10.1. The highest BCUT2D eigenvalue weighted by Gasteiger charge is 2.14. The molecule has 0 radical (unpaired) electrons. The molecule has 4 rings (SSSR count). The number of anilines is 1. The third-order valence-corrected chi connectivity index (χ3v) is 3.89. The second kappa shape index (κ2) is 5.66. The molecule has 0 fully saturated rings. The van der Waals surface area contributed by atoms with Gasteiger partial charge in [0.15, 0.2) is 5.82 Å². The summed E-state index contributed by atoms with van der Waals surface area (Å²) in [6.07, 6.45) is 6.71. The minimum atomic E-state index is 0.422. The van der Waals surface area contributed by atoms with E-state index in [1.54, 1.807) is 17.9 Å². The summed E-state index contributed by atoms with van der Waals surface area (Å²) in [5.74, 6) is 0.422. The maximum Gasteiger partial charge on any atom is 0.152 e. The second-order valence-electron chi connectivity index (χ2n) is 5.34. The number of aromatic nitrogens is 4. The molecule has 2 N–H and O–H groups in total. The number of fused-ring (bicyclic) bond motifs is 2. The van der Waals surface area contributed by atoms with Crippen LogP contribution in [0.4, 0.5) is 5.82 Å². The van der Waals surface area contributed by atoms with E-state index < -0.39 is 0 Å². The molecule has 0 amide bonds. The largest absolute Gasteiger partial charge is 0.504 e. The monoisotopic (exact) mass is 317 g/mol. The summed E-state index contributed by atoms with van der Waals surface area (Å²) < 4.78 is 6.77. The standard InChI is InChI=1S/C18H15N5O/c1-24-7-6-14-9-15(17-18(19)21-11-22-23(14)17)13-8-12-4-2-3-5-16(12)20-10-13/h2-11H,1H3,(H2,19,21,22)/b7-6+. The number of para-hydroxylation sites is 1. The first-order valence-corrected chi connectivity index (χ1v) is 7.44. The van der Waals surface area contributed by atoms with Crippen LogP contribution in [0.5, 0.6) is 0 Å². The van der Waals surface area contributed by atoms with E-state index >= 15 is 0 Å². The molecular weight excluding hydrogens is 302 g/mol. The van der Waals surface area contributed by atoms with Gasteiger partial charge in [-0.25, -0.2) is 9.50 Å². The summed E-state index contributed by atoms with van der Waals surface area (Å²) in [7, 11) is 1.60. The molecular formula is C18H15N5O. The Morgan fingerprint density at radius 3 is 2.92 bits per heavy atom. The molecule has 0 saturated carbocycles. The van der Waals surface area contributed by atoms with Crippen molar-refractivity contribution in [1.29, 1.82) is 0 Å². The number of rotatable bonds is 3. The third kappa shape index (κ3) is 2.25. The van der Waals surface area contributed by atoms with Crippen LogP contribution >= 0.6 is 0 Å². The molecule has 0 bridgehead atoms. The van der Waals surface area contributed by atoms with Gasteiger partial charge in [-0.15, -0.1) is 0 Å². The van der Waals surface area contributed by atoms with E-state index in [4.69, 9.17) is 10.5 Å². The summed E-state index contributed by atoms with van der Waals surface area (Å²) in [4.78, 5) is 8.65. The average molecular weight is 317 g/mol. The van der Waals surface area contributed by atoms with Gasteiger partial charge in [-0.1, -0.05) is 18.2 Å². The van der Waals surface area contributed by atoms with Crippen molar-refractivity contribution in [2.24, 2.45) is 0 Å². The molecule has 3 aromatic heterocycles. The van der Waals surface area contributed by atoms with Crippen LogP contribution in [0.2, 0.25) is 0 Å². The molecule has 0 aliphatic heterocycles. The Kier molecular flexibility index (Phi) is 3.35. The van der Waals surface area contributed by atoms with Crippen LogP contribution < -0.4 is 5.73 Å². The number of benzene rings is 1. The van der Waals surface area contributed by atoms with Crippen molar-refractivity contribution < 1.29 is 4.74 Å². The minimum absolute atomic E-state index is 0.422. The predicted molar refractivity (Wildman–Crippen MR) is 94.2 cm³/mol. The van der Waals surface area contributed by atoms with Crippen LogP contribution in [0.1, 0.15) is 5.69 Å². The van der Waals surface area contributed by atoms with E-state index in [1.807, 2.05) is 42.6 Å². The third-order valence-electron chi connectivity index (χ3n) is 3.89. The van der Waals surface area contributed by atoms with Crippen LogP contribution in [0.3, 0.4) is 0 Å². The Hall–Kier alpha value is -3.41. The van der Waals surface area contributed by atoms with Crippen LogP contribution in [-0.4, -0.2) is 26.7 Å². The summed E-state index contributed by atoms with van der Waals surface area (Å²) in [6.45, 7) is 0. The summed E-state index contributed by atoms with van der Waals surface area (Å²) in [5.41, 5.74) is 10.6. The highest BCUT2D eigenvalue weighted by Crippen LogP contribution is 2.31. The molecule has 24 heavy (non-hydrogen) atoms. The number of ether oxygens (including phenoxy) is 1. The molecule has 4 aromatic rings. The lowest BCUT2D eigenvalue weighted by Gasteiger charge is -2.04. The maximum absolute atomic E-state index is 6.10. The number of hydrogen-bond acceptors (Lipinski definition) is 5. The van der Waals surface area contributed by atoms with Crippen molar-refractivity contribution >= 4 is 28.3 Å². The Labute approximate surface area is 138 Å². The van der Waals surface area contributed by atoms with E-state index in [2.05, 4.69) is 21.1 Å². The number of pyridine rings is 1. The maximum atomic E-state index is 6.10. The average Bonchev–Trinajstić information content (AvgIpc) is 2.99. The molecule has 0 unspecified atom stereocenters. The normalized spacial score (nSPS) is 11.5. The van der Waals surface area contributed by atoms with Crippen LogP contribution in [0.25, 0.3) is 33.6 Å². The minimum Gasteiger partial charge on any atom is -0.504 e. The SMILES string of the molecule is CO/C=C/c1cc(-c2cnc3ccccc3c2)c2c(N)ncnn12. The second-order valence-corrected chi connectivity index (χ2v) is 5.34. The van der Waals surface area contributed by atoms with E-state index in [9.17, 15) is 0 Å². The quantitative estimate of drug-likeness (QED) is 0.587. The number of nitrogens with two attached hydrogens (primary N) is 1. The molecule has 0 spiro atoms. The smallest absolute Gasteiger partial charge is 0.152 e. The van der Waals surface area contributed by atoms with Gasteiger partial charge in [0.2, 0.25) is 0 Å². The molecule has 0 aliphatic carbocycles.